The van der Waals surface area contributed by atoms with Crippen molar-refractivity contribution in [2.75, 3.05) is 25.1 Å². The van der Waals surface area contributed by atoms with Crippen LogP contribution in [0.3, 0.4) is 0 Å². The molecule has 1 aliphatic rings. The van der Waals surface area contributed by atoms with Crippen molar-refractivity contribution in [1.29, 1.82) is 0 Å². The minimum absolute atomic E-state index is 0.0858. The number of piperidine rings is 1. The summed E-state index contributed by atoms with van der Waals surface area (Å²) in [6.45, 7) is 8.84. The van der Waals surface area contributed by atoms with E-state index in [4.69, 9.17) is 9.72 Å². The Kier molecular flexibility index (Phi) is 4.80. The fraction of sp³-hybridized carbons (Fsp3) is 0.647. The van der Waals surface area contributed by atoms with Crippen LogP contribution >= 0.6 is 0 Å². The topological polar surface area (TPSA) is 69.0 Å². The van der Waals surface area contributed by atoms with Crippen LogP contribution in [0.5, 0.6) is 0 Å². The van der Waals surface area contributed by atoms with Gasteiger partial charge in [0.15, 0.2) is 0 Å². The molecule has 0 saturated carbocycles. The number of nitrogens with zero attached hydrogens (tertiary/aromatic N) is 6. The van der Waals surface area contributed by atoms with E-state index in [2.05, 4.69) is 47.0 Å². The summed E-state index contributed by atoms with van der Waals surface area (Å²) in [7, 11) is 1.70. The van der Waals surface area contributed by atoms with Crippen molar-refractivity contribution >= 4 is 5.82 Å². The number of anilines is 1. The van der Waals surface area contributed by atoms with Crippen molar-refractivity contribution in [1.82, 2.24) is 25.0 Å². The van der Waals surface area contributed by atoms with Gasteiger partial charge in [-0.15, -0.1) is 5.10 Å². The maximum atomic E-state index is 5.28. The fourth-order valence-electron chi connectivity index (χ4n) is 2.97. The summed E-state index contributed by atoms with van der Waals surface area (Å²) in [4.78, 5) is 11.8. The molecule has 2 aromatic rings. The fourth-order valence-corrected chi connectivity index (χ4v) is 2.97. The molecule has 1 saturated heterocycles. The molecule has 0 radical (unpaired) electrons. The van der Waals surface area contributed by atoms with Crippen molar-refractivity contribution in [2.45, 2.75) is 51.7 Å². The van der Waals surface area contributed by atoms with Crippen molar-refractivity contribution in [3.05, 3.63) is 30.0 Å². The summed E-state index contributed by atoms with van der Waals surface area (Å²) in [5, 5.41) is 8.04. The van der Waals surface area contributed by atoms with E-state index < -0.39 is 0 Å². The highest BCUT2D eigenvalue weighted by atomic mass is 16.5. The highest BCUT2D eigenvalue weighted by molar-refractivity contribution is 5.41. The summed E-state index contributed by atoms with van der Waals surface area (Å²) in [6, 6.07) is 2.47. The Labute approximate surface area is 143 Å². The molecule has 1 aliphatic heterocycles. The average Bonchev–Trinajstić information content (AvgIpc) is 3.09. The van der Waals surface area contributed by atoms with E-state index in [0.29, 0.717) is 12.6 Å². The predicted molar refractivity (Wildman–Crippen MR) is 92.0 cm³/mol. The first kappa shape index (κ1) is 16.8. The molecule has 24 heavy (non-hydrogen) atoms. The van der Waals surface area contributed by atoms with Gasteiger partial charge in [-0.25, -0.2) is 14.6 Å². The van der Waals surface area contributed by atoms with E-state index in [0.717, 1.165) is 43.3 Å². The molecule has 0 amide bonds. The quantitative estimate of drug-likeness (QED) is 0.857. The lowest BCUT2D eigenvalue weighted by Gasteiger charge is -2.33. The van der Waals surface area contributed by atoms with Crippen LogP contribution in [-0.2, 0) is 16.8 Å². The number of methoxy groups -OCH3 is 1. The SMILES string of the molecule is COCc1cc(N2CCC(n3ccnn3)CC2)nc(C(C)(C)C)n1. The highest BCUT2D eigenvalue weighted by Gasteiger charge is 2.25. The van der Waals surface area contributed by atoms with Gasteiger partial charge >= 0.3 is 0 Å². The highest BCUT2D eigenvalue weighted by Crippen LogP contribution is 2.27. The molecule has 0 aromatic carbocycles. The molecule has 0 unspecified atom stereocenters. The van der Waals surface area contributed by atoms with Gasteiger partial charge < -0.3 is 9.64 Å². The standard InChI is InChI=1S/C17H26N6O/c1-17(2,3)16-19-13(12-24-4)11-15(20-16)22-8-5-14(6-9-22)23-10-7-18-21-23/h7,10-11,14H,5-6,8-9,12H2,1-4H3. The van der Waals surface area contributed by atoms with Crippen LogP contribution < -0.4 is 4.90 Å². The summed E-state index contributed by atoms with van der Waals surface area (Å²) >= 11 is 0. The van der Waals surface area contributed by atoms with E-state index >= 15 is 0 Å². The number of hydrogen-bond donors (Lipinski definition) is 0. The molecule has 130 valence electrons. The third-order valence-electron chi connectivity index (χ3n) is 4.33. The van der Waals surface area contributed by atoms with Gasteiger partial charge in [-0.2, -0.15) is 0 Å². The molecule has 3 rings (SSSR count). The Morgan fingerprint density at radius 3 is 2.54 bits per heavy atom. The average molecular weight is 330 g/mol. The van der Waals surface area contributed by atoms with Crippen molar-refractivity contribution < 1.29 is 4.74 Å². The second-order valence-corrected chi connectivity index (χ2v) is 7.33. The van der Waals surface area contributed by atoms with Gasteiger partial charge in [0.25, 0.3) is 0 Å². The van der Waals surface area contributed by atoms with Crippen LogP contribution in [0.15, 0.2) is 18.5 Å². The van der Waals surface area contributed by atoms with E-state index in [1.54, 1.807) is 13.3 Å². The molecule has 0 bridgehead atoms. The first-order valence-corrected chi connectivity index (χ1v) is 8.45. The van der Waals surface area contributed by atoms with Gasteiger partial charge in [0.1, 0.15) is 11.6 Å². The summed E-state index contributed by atoms with van der Waals surface area (Å²) in [5.41, 5.74) is 0.850. The zero-order chi connectivity index (χ0) is 17.2. The summed E-state index contributed by atoms with van der Waals surface area (Å²) in [5.74, 6) is 1.87. The third-order valence-corrected chi connectivity index (χ3v) is 4.33. The second kappa shape index (κ2) is 6.84. The number of ether oxygens (including phenoxy) is 1. The van der Waals surface area contributed by atoms with Crippen LogP contribution in [0, 0.1) is 0 Å². The van der Waals surface area contributed by atoms with Gasteiger partial charge in [0, 0.05) is 37.9 Å². The Bertz CT molecular complexity index is 656. The van der Waals surface area contributed by atoms with E-state index in [9.17, 15) is 0 Å². The second-order valence-electron chi connectivity index (χ2n) is 7.33. The zero-order valence-corrected chi connectivity index (χ0v) is 14.9. The molecular formula is C17H26N6O. The first-order chi connectivity index (χ1) is 11.5. The van der Waals surface area contributed by atoms with Crippen LogP contribution in [0.4, 0.5) is 5.82 Å². The molecule has 0 N–H and O–H groups in total. The molecule has 1 fully saturated rings. The molecular weight excluding hydrogens is 304 g/mol. The Hall–Kier alpha value is -2.02. The summed E-state index contributed by atoms with van der Waals surface area (Å²) in [6.07, 6.45) is 5.76. The monoisotopic (exact) mass is 330 g/mol. The zero-order valence-electron chi connectivity index (χ0n) is 14.9. The number of hydrogen-bond acceptors (Lipinski definition) is 6. The Balaban J connectivity index is 1.78. The first-order valence-electron chi connectivity index (χ1n) is 8.45. The lowest BCUT2D eigenvalue weighted by atomic mass is 9.95. The Morgan fingerprint density at radius 2 is 1.96 bits per heavy atom. The van der Waals surface area contributed by atoms with Crippen LogP contribution in [-0.4, -0.2) is 45.2 Å². The van der Waals surface area contributed by atoms with Crippen LogP contribution in [0.1, 0.15) is 51.2 Å². The lowest BCUT2D eigenvalue weighted by molar-refractivity contribution is 0.181. The predicted octanol–water partition coefficient (Wildman–Crippen LogP) is 2.35. The van der Waals surface area contributed by atoms with Gasteiger partial charge in [0.05, 0.1) is 24.5 Å². The van der Waals surface area contributed by atoms with Crippen molar-refractivity contribution in [3.63, 3.8) is 0 Å². The van der Waals surface area contributed by atoms with Gasteiger partial charge in [-0.3, -0.25) is 0 Å². The largest absolute Gasteiger partial charge is 0.378 e. The molecule has 0 atom stereocenters. The van der Waals surface area contributed by atoms with E-state index in [1.807, 2.05) is 10.9 Å². The number of rotatable bonds is 4. The maximum Gasteiger partial charge on any atom is 0.136 e. The minimum Gasteiger partial charge on any atom is -0.378 e. The van der Waals surface area contributed by atoms with Gasteiger partial charge in [-0.05, 0) is 12.8 Å². The molecule has 0 aliphatic carbocycles. The molecule has 7 heteroatoms. The van der Waals surface area contributed by atoms with Crippen molar-refractivity contribution in [2.24, 2.45) is 0 Å². The molecule has 0 spiro atoms. The van der Waals surface area contributed by atoms with Crippen LogP contribution in [0.2, 0.25) is 0 Å². The van der Waals surface area contributed by atoms with Gasteiger partial charge in [-0.1, -0.05) is 26.0 Å². The third kappa shape index (κ3) is 3.72. The molecule has 3 heterocycles. The Morgan fingerprint density at radius 1 is 1.21 bits per heavy atom. The van der Waals surface area contributed by atoms with E-state index in [-0.39, 0.29) is 5.41 Å². The van der Waals surface area contributed by atoms with Gasteiger partial charge in [0.2, 0.25) is 0 Å². The summed E-state index contributed by atoms with van der Waals surface area (Å²) < 4.78 is 7.24. The number of aromatic nitrogens is 5. The van der Waals surface area contributed by atoms with Crippen molar-refractivity contribution in [3.8, 4) is 0 Å². The van der Waals surface area contributed by atoms with Crippen LogP contribution in [0.25, 0.3) is 0 Å². The lowest BCUT2D eigenvalue weighted by Crippen LogP contribution is -2.36. The molecule has 2 aromatic heterocycles. The smallest absolute Gasteiger partial charge is 0.136 e. The van der Waals surface area contributed by atoms with E-state index in [1.165, 1.54) is 0 Å². The normalized spacial score (nSPS) is 16.6. The minimum atomic E-state index is -0.0858. The maximum absolute atomic E-state index is 5.28. The molecule has 7 nitrogen and oxygen atoms in total.